The van der Waals surface area contributed by atoms with E-state index in [1.807, 2.05) is 18.2 Å². The van der Waals surface area contributed by atoms with Gasteiger partial charge in [-0.1, -0.05) is 18.2 Å². The first-order valence-electron chi connectivity index (χ1n) is 9.20. The van der Waals surface area contributed by atoms with Gasteiger partial charge < -0.3 is 19.5 Å². The summed E-state index contributed by atoms with van der Waals surface area (Å²) in [6.07, 6.45) is 0. The molecular formula is C21H27FN2O3. The minimum absolute atomic E-state index is 0.225. The lowest BCUT2D eigenvalue weighted by Gasteiger charge is -2.35. The molecule has 27 heavy (non-hydrogen) atoms. The van der Waals surface area contributed by atoms with E-state index in [9.17, 15) is 4.39 Å². The van der Waals surface area contributed by atoms with E-state index in [-0.39, 0.29) is 17.6 Å². The maximum absolute atomic E-state index is 13.9. The van der Waals surface area contributed by atoms with Crippen molar-refractivity contribution < 1.29 is 18.6 Å². The molecular weight excluding hydrogens is 347 g/mol. The Morgan fingerprint density at radius 2 is 1.81 bits per heavy atom. The fraction of sp³-hybridized carbons (Fsp3) is 0.429. The van der Waals surface area contributed by atoms with Gasteiger partial charge in [0.1, 0.15) is 5.75 Å². The third-order valence-corrected chi connectivity index (χ3v) is 4.87. The average molecular weight is 374 g/mol. The van der Waals surface area contributed by atoms with Crippen LogP contribution in [0.25, 0.3) is 0 Å². The molecule has 1 fully saturated rings. The van der Waals surface area contributed by atoms with Gasteiger partial charge in [0.15, 0.2) is 11.6 Å². The summed E-state index contributed by atoms with van der Waals surface area (Å²) in [7, 11) is 3.14. The molecule has 0 aromatic heterocycles. The molecule has 3 rings (SSSR count). The van der Waals surface area contributed by atoms with Crippen LogP contribution in [0.5, 0.6) is 11.5 Å². The molecule has 1 atom stereocenters. The van der Waals surface area contributed by atoms with E-state index < -0.39 is 0 Å². The topological polar surface area (TPSA) is 43.0 Å². The minimum atomic E-state index is -0.336. The van der Waals surface area contributed by atoms with E-state index in [1.54, 1.807) is 13.2 Å². The van der Waals surface area contributed by atoms with Crippen molar-refractivity contribution in [2.45, 2.75) is 12.6 Å². The molecule has 0 radical (unpaired) electrons. The summed E-state index contributed by atoms with van der Waals surface area (Å²) in [5.41, 5.74) is 2.12. The second-order valence-electron chi connectivity index (χ2n) is 6.54. The maximum atomic E-state index is 13.9. The smallest absolute Gasteiger partial charge is 0.165 e. The van der Waals surface area contributed by atoms with Crippen LogP contribution in [0, 0.1) is 5.82 Å². The normalized spacial score (nSPS) is 16.1. The van der Waals surface area contributed by atoms with Crippen LogP contribution in [0.15, 0.2) is 42.5 Å². The number of hydrogen-bond acceptors (Lipinski definition) is 5. The van der Waals surface area contributed by atoms with Crippen molar-refractivity contribution in [2.24, 2.45) is 0 Å². The predicted molar refractivity (Wildman–Crippen MR) is 103 cm³/mol. The molecule has 1 N–H and O–H groups in total. The minimum Gasteiger partial charge on any atom is -0.497 e. The van der Waals surface area contributed by atoms with Crippen LogP contribution in [0.2, 0.25) is 0 Å². The molecule has 1 aliphatic heterocycles. The van der Waals surface area contributed by atoms with Crippen molar-refractivity contribution in [3.8, 4) is 11.5 Å². The average Bonchev–Trinajstić information content (AvgIpc) is 2.72. The van der Waals surface area contributed by atoms with Gasteiger partial charge in [0.2, 0.25) is 0 Å². The Labute approximate surface area is 160 Å². The van der Waals surface area contributed by atoms with Crippen LogP contribution >= 0.6 is 0 Å². The monoisotopic (exact) mass is 374 g/mol. The third-order valence-electron chi connectivity index (χ3n) is 4.87. The zero-order valence-electron chi connectivity index (χ0n) is 15.9. The number of nitrogens with one attached hydrogen (secondary N) is 1. The van der Waals surface area contributed by atoms with E-state index in [2.05, 4.69) is 22.3 Å². The molecule has 1 heterocycles. The zero-order chi connectivity index (χ0) is 19.1. The fourth-order valence-corrected chi connectivity index (χ4v) is 3.35. The summed E-state index contributed by atoms with van der Waals surface area (Å²) in [4.78, 5) is 2.42. The summed E-state index contributed by atoms with van der Waals surface area (Å²) in [6, 6.07) is 13.5. The molecule has 0 aliphatic carbocycles. The van der Waals surface area contributed by atoms with Crippen LogP contribution in [0.3, 0.4) is 0 Å². The summed E-state index contributed by atoms with van der Waals surface area (Å²) in [6.45, 7) is 4.65. The molecule has 5 nitrogen and oxygen atoms in total. The molecule has 6 heteroatoms. The number of methoxy groups -OCH3 is 2. The first-order valence-corrected chi connectivity index (χ1v) is 9.20. The van der Waals surface area contributed by atoms with Crippen molar-refractivity contribution in [1.29, 1.82) is 0 Å². The van der Waals surface area contributed by atoms with Crippen LogP contribution in [-0.4, -0.2) is 52.0 Å². The Balaban J connectivity index is 1.66. The van der Waals surface area contributed by atoms with Gasteiger partial charge in [-0.2, -0.15) is 0 Å². The first-order chi connectivity index (χ1) is 13.2. The van der Waals surface area contributed by atoms with E-state index >= 15 is 0 Å². The van der Waals surface area contributed by atoms with Gasteiger partial charge >= 0.3 is 0 Å². The molecule has 2 aromatic carbocycles. The van der Waals surface area contributed by atoms with Crippen LogP contribution in [0.4, 0.5) is 4.39 Å². The van der Waals surface area contributed by atoms with Crippen molar-refractivity contribution in [3.05, 3.63) is 59.4 Å². The highest BCUT2D eigenvalue weighted by molar-refractivity contribution is 5.30. The van der Waals surface area contributed by atoms with Crippen LogP contribution in [0.1, 0.15) is 17.2 Å². The van der Waals surface area contributed by atoms with Gasteiger partial charge in [-0.3, -0.25) is 4.90 Å². The number of hydrogen-bond donors (Lipinski definition) is 1. The van der Waals surface area contributed by atoms with Gasteiger partial charge in [-0.15, -0.1) is 0 Å². The Bertz CT molecular complexity index is 718. The number of rotatable bonds is 8. The molecule has 1 unspecified atom stereocenters. The lowest BCUT2D eigenvalue weighted by atomic mass is 10.0. The second kappa shape index (κ2) is 9.69. The molecule has 0 spiro atoms. The van der Waals surface area contributed by atoms with E-state index in [4.69, 9.17) is 14.2 Å². The summed E-state index contributed by atoms with van der Waals surface area (Å²) >= 11 is 0. The van der Waals surface area contributed by atoms with Gasteiger partial charge in [0.25, 0.3) is 0 Å². The fourth-order valence-electron chi connectivity index (χ4n) is 3.35. The Kier molecular flexibility index (Phi) is 7.04. The van der Waals surface area contributed by atoms with Gasteiger partial charge in [0.05, 0.1) is 27.4 Å². The highest BCUT2D eigenvalue weighted by Crippen LogP contribution is 2.24. The SMILES string of the molecule is COc1ccc(C(CNCc2ccc(OC)c(F)c2)N2CCOCC2)cc1. The highest BCUT2D eigenvalue weighted by Gasteiger charge is 2.22. The Morgan fingerprint density at radius 3 is 2.44 bits per heavy atom. The second-order valence-corrected chi connectivity index (χ2v) is 6.54. The molecule has 2 aromatic rings. The largest absolute Gasteiger partial charge is 0.497 e. The molecule has 1 aliphatic rings. The van der Waals surface area contributed by atoms with E-state index in [0.717, 1.165) is 44.2 Å². The number of ether oxygens (including phenoxy) is 3. The third kappa shape index (κ3) is 5.19. The Hall–Kier alpha value is -2.15. The quantitative estimate of drug-likeness (QED) is 0.769. The van der Waals surface area contributed by atoms with Gasteiger partial charge in [0, 0.05) is 32.2 Å². The summed E-state index contributed by atoms with van der Waals surface area (Å²) < 4.78 is 29.6. The van der Waals surface area contributed by atoms with Crippen molar-refractivity contribution in [1.82, 2.24) is 10.2 Å². The van der Waals surface area contributed by atoms with Gasteiger partial charge in [-0.05, 0) is 35.4 Å². The zero-order valence-corrected chi connectivity index (χ0v) is 15.9. The molecule has 0 amide bonds. The highest BCUT2D eigenvalue weighted by atomic mass is 19.1. The summed E-state index contributed by atoms with van der Waals surface area (Å²) in [5, 5.41) is 3.47. The predicted octanol–water partition coefficient (Wildman–Crippen LogP) is 3.01. The summed E-state index contributed by atoms with van der Waals surface area (Å²) in [5.74, 6) is 0.779. The molecule has 1 saturated heterocycles. The lowest BCUT2D eigenvalue weighted by Crippen LogP contribution is -2.42. The lowest BCUT2D eigenvalue weighted by molar-refractivity contribution is 0.0161. The van der Waals surface area contributed by atoms with Crippen molar-refractivity contribution in [2.75, 3.05) is 47.1 Å². The molecule has 0 saturated carbocycles. The number of halogens is 1. The Morgan fingerprint density at radius 1 is 1.07 bits per heavy atom. The van der Waals surface area contributed by atoms with Crippen LogP contribution in [-0.2, 0) is 11.3 Å². The maximum Gasteiger partial charge on any atom is 0.165 e. The van der Waals surface area contributed by atoms with Crippen LogP contribution < -0.4 is 14.8 Å². The van der Waals surface area contributed by atoms with Gasteiger partial charge in [-0.25, -0.2) is 4.39 Å². The van der Waals surface area contributed by atoms with Crippen molar-refractivity contribution >= 4 is 0 Å². The number of morpholine rings is 1. The number of nitrogens with zero attached hydrogens (tertiary/aromatic N) is 1. The van der Waals surface area contributed by atoms with E-state index in [1.165, 1.54) is 18.7 Å². The standard InChI is InChI=1S/C21H27FN2O3/c1-25-18-6-4-17(5-7-18)20(24-9-11-27-12-10-24)15-23-14-16-3-8-21(26-2)19(22)13-16/h3-8,13,20,23H,9-12,14-15H2,1-2H3. The number of benzene rings is 2. The molecule has 146 valence electrons. The van der Waals surface area contributed by atoms with Crippen molar-refractivity contribution in [3.63, 3.8) is 0 Å². The molecule has 0 bridgehead atoms. The first kappa shape index (κ1) is 19.6. The van der Waals surface area contributed by atoms with E-state index in [0.29, 0.717) is 6.54 Å².